The van der Waals surface area contributed by atoms with E-state index in [4.69, 9.17) is 0 Å². The largest absolute Gasteiger partial charge is 0.308 e. The summed E-state index contributed by atoms with van der Waals surface area (Å²) >= 11 is 4.88. The predicted molar refractivity (Wildman–Crippen MR) is 91.5 cm³/mol. The van der Waals surface area contributed by atoms with E-state index in [0.29, 0.717) is 11.4 Å². The molecule has 1 aromatic rings. The van der Waals surface area contributed by atoms with Gasteiger partial charge < -0.3 is 4.90 Å². The molecule has 2 rings (SSSR count). The van der Waals surface area contributed by atoms with Gasteiger partial charge in [0.25, 0.3) is 0 Å². The Hall–Kier alpha value is 0.0500. The first-order valence-corrected chi connectivity index (χ1v) is 10.3. The highest BCUT2D eigenvalue weighted by Gasteiger charge is 2.34. The fraction of sp³-hybridized carbons (Fsp3) is 0.714. The Morgan fingerprint density at radius 3 is 2.38 bits per heavy atom. The highest BCUT2D eigenvalue weighted by atomic mass is 79.9. The molecule has 21 heavy (non-hydrogen) atoms. The molecule has 1 saturated carbocycles. The van der Waals surface area contributed by atoms with Crippen molar-refractivity contribution in [3.63, 3.8) is 0 Å². The Kier molecular flexibility index (Phi) is 5.87. The van der Waals surface area contributed by atoms with Crippen molar-refractivity contribution >= 4 is 37.3 Å². The first kappa shape index (κ1) is 17.4. The Balaban J connectivity index is 2.31. The van der Waals surface area contributed by atoms with Crippen molar-refractivity contribution in [2.24, 2.45) is 0 Å². The van der Waals surface area contributed by atoms with E-state index in [1.165, 1.54) is 11.3 Å². The lowest BCUT2D eigenvalue weighted by atomic mass is 10.2. The maximum Gasteiger partial charge on any atom is 0.244 e. The van der Waals surface area contributed by atoms with Gasteiger partial charge in [-0.2, -0.15) is 4.31 Å². The molecule has 120 valence electrons. The van der Waals surface area contributed by atoms with Crippen molar-refractivity contribution in [1.29, 1.82) is 0 Å². The normalized spacial score (nSPS) is 17.2. The first-order valence-electron chi connectivity index (χ1n) is 7.25. The molecule has 1 aromatic heterocycles. The molecule has 1 aliphatic rings. The summed E-state index contributed by atoms with van der Waals surface area (Å²) in [6.45, 7) is 3.19. The van der Waals surface area contributed by atoms with Gasteiger partial charge in [0, 0.05) is 24.0 Å². The van der Waals surface area contributed by atoms with Crippen molar-refractivity contribution in [2.75, 3.05) is 27.2 Å². The topological polar surface area (TPSA) is 40.6 Å². The zero-order valence-corrected chi connectivity index (χ0v) is 16.0. The van der Waals surface area contributed by atoms with E-state index < -0.39 is 10.0 Å². The molecular weight excluding hydrogens is 372 g/mol. The molecule has 1 heterocycles. The molecule has 0 saturated heterocycles. The molecular formula is C14H23BrN2O2S2. The van der Waals surface area contributed by atoms with Crippen LogP contribution in [0.4, 0.5) is 0 Å². The lowest BCUT2D eigenvalue weighted by Gasteiger charge is -2.29. The van der Waals surface area contributed by atoms with Crippen LogP contribution in [0.25, 0.3) is 0 Å². The Morgan fingerprint density at radius 1 is 1.29 bits per heavy atom. The Bertz CT molecular complexity index is 578. The van der Waals surface area contributed by atoms with Crippen molar-refractivity contribution in [1.82, 2.24) is 9.21 Å². The smallest absolute Gasteiger partial charge is 0.244 e. The maximum atomic E-state index is 13.1. The molecule has 1 fully saturated rings. The van der Waals surface area contributed by atoms with Gasteiger partial charge in [-0.3, -0.25) is 0 Å². The SMILES string of the molecule is Cc1sc(Br)cc1S(=O)(=O)N(CCN(C)C)C1CCCC1. The van der Waals surface area contributed by atoms with Crippen LogP contribution in [0.15, 0.2) is 14.7 Å². The summed E-state index contributed by atoms with van der Waals surface area (Å²) in [5.41, 5.74) is 0. The Labute approximate surface area is 140 Å². The zero-order valence-electron chi connectivity index (χ0n) is 12.8. The van der Waals surface area contributed by atoms with Crippen LogP contribution in [-0.2, 0) is 10.0 Å². The number of sulfonamides is 1. The second-order valence-corrected chi connectivity index (χ2v) is 10.3. The van der Waals surface area contributed by atoms with Crippen LogP contribution in [0, 0.1) is 6.92 Å². The van der Waals surface area contributed by atoms with E-state index in [1.807, 2.05) is 25.9 Å². The third kappa shape index (κ3) is 4.07. The monoisotopic (exact) mass is 394 g/mol. The summed E-state index contributed by atoms with van der Waals surface area (Å²) in [6.07, 6.45) is 4.23. The predicted octanol–water partition coefficient (Wildman–Crippen LogP) is 3.31. The van der Waals surface area contributed by atoms with Crippen molar-refractivity contribution in [3.8, 4) is 0 Å². The van der Waals surface area contributed by atoms with E-state index >= 15 is 0 Å². The van der Waals surface area contributed by atoms with Crippen molar-refractivity contribution in [3.05, 3.63) is 14.7 Å². The third-order valence-electron chi connectivity index (χ3n) is 3.93. The van der Waals surface area contributed by atoms with Crippen LogP contribution in [0.5, 0.6) is 0 Å². The fourth-order valence-corrected chi connectivity index (χ4v) is 6.86. The molecule has 7 heteroatoms. The van der Waals surface area contributed by atoms with Crippen LogP contribution in [-0.4, -0.2) is 50.8 Å². The van der Waals surface area contributed by atoms with Crippen LogP contribution >= 0.6 is 27.3 Å². The fourth-order valence-electron chi connectivity index (χ4n) is 2.80. The molecule has 4 nitrogen and oxygen atoms in total. The van der Waals surface area contributed by atoms with Gasteiger partial charge in [0.1, 0.15) is 0 Å². The van der Waals surface area contributed by atoms with E-state index in [-0.39, 0.29) is 6.04 Å². The number of aryl methyl sites for hydroxylation is 1. The highest BCUT2D eigenvalue weighted by molar-refractivity contribution is 9.11. The minimum Gasteiger partial charge on any atom is -0.308 e. The molecule has 0 unspecified atom stereocenters. The second-order valence-electron chi connectivity index (χ2n) is 5.83. The van der Waals surface area contributed by atoms with E-state index in [0.717, 1.165) is 40.9 Å². The zero-order chi connectivity index (χ0) is 15.6. The molecule has 0 bridgehead atoms. The second kappa shape index (κ2) is 7.08. The number of hydrogen-bond acceptors (Lipinski definition) is 4. The summed E-state index contributed by atoms with van der Waals surface area (Å²) in [5, 5.41) is 0. The lowest BCUT2D eigenvalue weighted by Crippen LogP contribution is -2.42. The number of likely N-dealkylation sites (N-methyl/N-ethyl adjacent to an activating group) is 1. The van der Waals surface area contributed by atoms with Crippen LogP contribution in [0.3, 0.4) is 0 Å². The molecule has 0 aromatic carbocycles. The first-order chi connectivity index (χ1) is 9.82. The molecule has 0 radical (unpaired) electrons. The van der Waals surface area contributed by atoms with Gasteiger partial charge in [-0.25, -0.2) is 8.42 Å². The van der Waals surface area contributed by atoms with E-state index in [9.17, 15) is 8.42 Å². The number of rotatable bonds is 6. The summed E-state index contributed by atoms with van der Waals surface area (Å²) in [5.74, 6) is 0. The Morgan fingerprint density at radius 2 is 1.90 bits per heavy atom. The van der Waals surface area contributed by atoms with Gasteiger partial charge in [-0.15, -0.1) is 11.3 Å². The highest BCUT2D eigenvalue weighted by Crippen LogP contribution is 2.34. The van der Waals surface area contributed by atoms with Crippen LogP contribution < -0.4 is 0 Å². The van der Waals surface area contributed by atoms with Crippen LogP contribution in [0.1, 0.15) is 30.6 Å². The molecule has 0 aliphatic heterocycles. The average Bonchev–Trinajstić information content (AvgIpc) is 2.99. The van der Waals surface area contributed by atoms with Gasteiger partial charge in [-0.1, -0.05) is 12.8 Å². The third-order valence-corrected chi connectivity index (χ3v) is 7.69. The number of thiophene rings is 1. The number of nitrogens with zero attached hydrogens (tertiary/aromatic N) is 2. The summed E-state index contributed by atoms with van der Waals surface area (Å²) in [6, 6.07) is 1.90. The maximum absolute atomic E-state index is 13.1. The standard InChI is InChI=1S/C14H23BrN2O2S2/c1-11-13(10-14(15)20-11)21(18,19)17(9-8-16(2)3)12-6-4-5-7-12/h10,12H,4-9H2,1-3H3. The average molecular weight is 395 g/mol. The quantitative estimate of drug-likeness (QED) is 0.742. The molecule has 0 N–H and O–H groups in total. The molecule has 0 amide bonds. The lowest BCUT2D eigenvalue weighted by molar-refractivity contribution is 0.282. The van der Waals surface area contributed by atoms with Gasteiger partial charge in [0.05, 0.1) is 8.68 Å². The molecule has 0 spiro atoms. The summed E-state index contributed by atoms with van der Waals surface area (Å²) in [7, 11) is 0.553. The van der Waals surface area contributed by atoms with Crippen LogP contribution in [0.2, 0.25) is 0 Å². The number of halogens is 1. The summed E-state index contributed by atoms with van der Waals surface area (Å²) < 4.78 is 28.7. The minimum atomic E-state index is -3.40. The molecule has 0 atom stereocenters. The summed E-state index contributed by atoms with van der Waals surface area (Å²) in [4.78, 5) is 3.35. The van der Waals surface area contributed by atoms with Crippen molar-refractivity contribution in [2.45, 2.75) is 43.5 Å². The van der Waals surface area contributed by atoms with E-state index in [2.05, 4.69) is 15.9 Å². The van der Waals surface area contributed by atoms with E-state index in [1.54, 1.807) is 10.4 Å². The minimum absolute atomic E-state index is 0.160. The van der Waals surface area contributed by atoms with Crippen molar-refractivity contribution < 1.29 is 8.42 Å². The van der Waals surface area contributed by atoms with Gasteiger partial charge >= 0.3 is 0 Å². The van der Waals surface area contributed by atoms with Gasteiger partial charge in [0.2, 0.25) is 10.0 Å². The molecule has 1 aliphatic carbocycles. The van der Waals surface area contributed by atoms with Gasteiger partial charge in [0.15, 0.2) is 0 Å². The number of hydrogen-bond donors (Lipinski definition) is 0. The van der Waals surface area contributed by atoms with Gasteiger partial charge in [-0.05, 0) is 55.9 Å².